The van der Waals surface area contributed by atoms with Crippen LogP contribution in [0.25, 0.3) is 11.0 Å². The number of hydrogen-bond donors (Lipinski definition) is 1. The summed E-state index contributed by atoms with van der Waals surface area (Å²) in [7, 11) is 0. The van der Waals surface area contributed by atoms with Gasteiger partial charge in [-0.15, -0.1) is 0 Å². The first kappa shape index (κ1) is 19.2. The summed E-state index contributed by atoms with van der Waals surface area (Å²) in [5.74, 6) is 1.05. The maximum atomic E-state index is 11.0. The van der Waals surface area contributed by atoms with Crippen LogP contribution >= 0.6 is 0 Å². The molecule has 1 aromatic carbocycles. The molecule has 0 saturated carbocycles. The second-order valence-corrected chi connectivity index (χ2v) is 7.88. The minimum atomic E-state index is 0.737. The first-order chi connectivity index (χ1) is 13.8. The molecule has 2 aliphatic heterocycles. The molecule has 0 atom stereocenters. The molecule has 0 aliphatic carbocycles. The topological polar surface area (TPSA) is 56.6 Å². The lowest BCUT2D eigenvalue weighted by Crippen LogP contribution is -2.47. The standard InChI is InChI=1S/C21H32N6O/c1-2-8-24-11-14-26(15-12-24)21-23-20-18(22-17-28)6-5-7-19(20)27(21)16-13-25-9-3-4-10-25/h5-7,17H,2-4,8-16H2,1H3,(H,22,28). The van der Waals surface area contributed by atoms with Crippen molar-refractivity contribution in [1.29, 1.82) is 0 Å². The predicted octanol–water partition coefficient (Wildman–Crippen LogP) is 2.23. The van der Waals surface area contributed by atoms with Gasteiger partial charge in [0.1, 0.15) is 5.52 Å². The third-order valence-electron chi connectivity index (χ3n) is 6.01. The quantitative estimate of drug-likeness (QED) is 0.708. The van der Waals surface area contributed by atoms with Crippen LogP contribution in [-0.2, 0) is 11.3 Å². The van der Waals surface area contributed by atoms with Gasteiger partial charge in [-0.3, -0.25) is 9.69 Å². The fraction of sp³-hybridized carbons (Fsp3) is 0.619. The number of piperazine rings is 1. The van der Waals surface area contributed by atoms with E-state index in [0.717, 1.165) is 68.3 Å². The van der Waals surface area contributed by atoms with E-state index in [0.29, 0.717) is 0 Å². The number of anilines is 2. The van der Waals surface area contributed by atoms with E-state index in [9.17, 15) is 4.79 Å². The van der Waals surface area contributed by atoms with Gasteiger partial charge in [0.2, 0.25) is 12.4 Å². The number of nitrogens with one attached hydrogen (secondary N) is 1. The highest BCUT2D eigenvalue weighted by atomic mass is 16.1. The van der Waals surface area contributed by atoms with Crippen molar-refractivity contribution >= 4 is 29.1 Å². The lowest BCUT2D eigenvalue weighted by atomic mass is 10.2. The van der Waals surface area contributed by atoms with Crippen molar-refractivity contribution in [3.8, 4) is 0 Å². The fourth-order valence-corrected chi connectivity index (χ4v) is 4.51. The normalized spacial score (nSPS) is 18.8. The largest absolute Gasteiger partial charge is 0.340 e. The van der Waals surface area contributed by atoms with Crippen LogP contribution in [0.2, 0.25) is 0 Å². The molecular weight excluding hydrogens is 352 g/mol. The number of benzene rings is 1. The Morgan fingerprint density at radius 3 is 2.46 bits per heavy atom. The Balaban J connectivity index is 1.62. The van der Waals surface area contributed by atoms with Crippen LogP contribution in [0.1, 0.15) is 26.2 Å². The van der Waals surface area contributed by atoms with Crippen molar-refractivity contribution < 1.29 is 4.79 Å². The Hall–Kier alpha value is -2.12. The molecule has 2 aliphatic rings. The highest BCUT2D eigenvalue weighted by Gasteiger charge is 2.23. The highest BCUT2D eigenvalue weighted by Crippen LogP contribution is 2.29. The van der Waals surface area contributed by atoms with Crippen LogP contribution in [0.5, 0.6) is 0 Å². The molecule has 0 spiro atoms. The summed E-state index contributed by atoms with van der Waals surface area (Å²) in [5, 5.41) is 2.82. The summed E-state index contributed by atoms with van der Waals surface area (Å²) in [4.78, 5) is 23.5. The van der Waals surface area contributed by atoms with Gasteiger partial charge in [-0.25, -0.2) is 4.98 Å². The van der Waals surface area contributed by atoms with Crippen LogP contribution < -0.4 is 10.2 Å². The van der Waals surface area contributed by atoms with E-state index >= 15 is 0 Å². The van der Waals surface area contributed by atoms with Crippen molar-refractivity contribution in [1.82, 2.24) is 19.4 Å². The molecule has 1 N–H and O–H groups in total. The lowest BCUT2D eigenvalue weighted by Gasteiger charge is -2.35. The van der Waals surface area contributed by atoms with Gasteiger partial charge in [0.25, 0.3) is 0 Å². The average molecular weight is 385 g/mol. The summed E-state index contributed by atoms with van der Waals surface area (Å²) in [5.41, 5.74) is 2.79. The van der Waals surface area contributed by atoms with Gasteiger partial charge in [0.05, 0.1) is 11.2 Å². The molecular formula is C21H32N6O. The van der Waals surface area contributed by atoms with Crippen molar-refractivity contribution in [3.63, 3.8) is 0 Å². The summed E-state index contributed by atoms with van der Waals surface area (Å²) >= 11 is 0. The maximum absolute atomic E-state index is 11.0. The molecule has 0 bridgehead atoms. The molecule has 0 radical (unpaired) electrons. The summed E-state index contributed by atoms with van der Waals surface area (Å²) in [6, 6.07) is 6.06. The fourth-order valence-electron chi connectivity index (χ4n) is 4.51. The van der Waals surface area contributed by atoms with Crippen LogP contribution in [0.4, 0.5) is 11.6 Å². The third-order valence-corrected chi connectivity index (χ3v) is 6.01. The van der Waals surface area contributed by atoms with Crippen LogP contribution in [0.3, 0.4) is 0 Å². The molecule has 152 valence electrons. The van der Waals surface area contributed by atoms with E-state index in [1.807, 2.05) is 12.1 Å². The first-order valence-corrected chi connectivity index (χ1v) is 10.7. The molecule has 1 aromatic heterocycles. The van der Waals surface area contributed by atoms with Crippen molar-refractivity contribution in [3.05, 3.63) is 18.2 Å². The summed E-state index contributed by atoms with van der Waals surface area (Å²) in [6.07, 6.45) is 4.56. The first-order valence-electron chi connectivity index (χ1n) is 10.7. The Labute approximate surface area is 167 Å². The molecule has 3 heterocycles. The Morgan fingerprint density at radius 2 is 1.75 bits per heavy atom. The minimum Gasteiger partial charge on any atom is -0.340 e. The van der Waals surface area contributed by atoms with Crippen molar-refractivity contribution in [2.75, 3.05) is 62.6 Å². The number of fused-ring (bicyclic) bond motifs is 1. The van der Waals surface area contributed by atoms with Gasteiger partial charge >= 0.3 is 0 Å². The number of rotatable bonds is 8. The third kappa shape index (κ3) is 4.00. The molecule has 4 rings (SSSR count). The number of likely N-dealkylation sites (tertiary alicyclic amines) is 1. The lowest BCUT2D eigenvalue weighted by molar-refractivity contribution is -0.105. The van der Waals surface area contributed by atoms with Crippen molar-refractivity contribution in [2.45, 2.75) is 32.7 Å². The van der Waals surface area contributed by atoms with E-state index in [-0.39, 0.29) is 0 Å². The van der Waals surface area contributed by atoms with Gasteiger partial charge in [0, 0.05) is 39.3 Å². The number of imidazole rings is 1. The summed E-state index contributed by atoms with van der Waals surface area (Å²) in [6.45, 7) is 12.0. The second-order valence-electron chi connectivity index (χ2n) is 7.88. The predicted molar refractivity (Wildman–Crippen MR) is 114 cm³/mol. The number of carbonyl (C=O) groups is 1. The number of amides is 1. The van der Waals surface area contributed by atoms with E-state index < -0.39 is 0 Å². The van der Waals surface area contributed by atoms with Gasteiger partial charge in [-0.05, 0) is 51.0 Å². The molecule has 2 saturated heterocycles. The molecule has 7 heteroatoms. The van der Waals surface area contributed by atoms with E-state index in [4.69, 9.17) is 4.98 Å². The Bertz CT molecular complexity index is 790. The Morgan fingerprint density at radius 1 is 1.00 bits per heavy atom. The highest BCUT2D eigenvalue weighted by molar-refractivity contribution is 5.94. The smallest absolute Gasteiger partial charge is 0.211 e. The zero-order valence-electron chi connectivity index (χ0n) is 16.9. The molecule has 7 nitrogen and oxygen atoms in total. The van der Waals surface area contributed by atoms with Crippen LogP contribution in [-0.4, -0.2) is 78.1 Å². The molecule has 28 heavy (non-hydrogen) atoms. The minimum absolute atomic E-state index is 0.737. The summed E-state index contributed by atoms with van der Waals surface area (Å²) < 4.78 is 2.36. The zero-order valence-corrected chi connectivity index (χ0v) is 16.9. The number of para-hydroxylation sites is 1. The second kappa shape index (κ2) is 8.92. The van der Waals surface area contributed by atoms with E-state index in [2.05, 4.69) is 37.6 Å². The van der Waals surface area contributed by atoms with Gasteiger partial charge in [0.15, 0.2) is 0 Å². The zero-order chi connectivity index (χ0) is 19.3. The van der Waals surface area contributed by atoms with Crippen LogP contribution in [0, 0.1) is 0 Å². The van der Waals surface area contributed by atoms with E-state index in [1.165, 1.54) is 38.9 Å². The molecule has 2 fully saturated rings. The maximum Gasteiger partial charge on any atom is 0.211 e. The molecule has 0 unspecified atom stereocenters. The number of aromatic nitrogens is 2. The number of carbonyl (C=O) groups excluding carboxylic acids is 1. The van der Waals surface area contributed by atoms with Gasteiger partial charge in [-0.2, -0.15) is 0 Å². The molecule has 1 amide bonds. The average Bonchev–Trinajstić information content (AvgIpc) is 3.36. The Kier molecular flexibility index (Phi) is 6.12. The van der Waals surface area contributed by atoms with Crippen LogP contribution in [0.15, 0.2) is 18.2 Å². The number of hydrogen-bond acceptors (Lipinski definition) is 5. The molecule has 2 aromatic rings. The van der Waals surface area contributed by atoms with Crippen molar-refractivity contribution in [2.24, 2.45) is 0 Å². The van der Waals surface area contributed by atoms with Gasteiger partial charge in [-0.1, -0.05) is 13.0 Å². The SMILES string of the molecule is CCCN1CCN(c2nc3c(NC=O)cccc3n2CCN2CCCC2)CC1. The monoisotopic (exact) mass is 384 g/mol. The number of nitrogens with zero attached hydrogens (tertiary/aromatic N) is 5. The van der Waals surface area contributed by atoms with E-state index in [1.54, 1.807) is 0 Å². The van der Waals surface area contributed by atoms with Gasteiger partial charge < -0.3 is 19.7 Å².